The Hall–Kier alpha value is -5.24. The predicted octanol–water partition coefficient (Wildman–Crippen LogP) is 7.16. The fourth-order valence-electron chi connectivity index (χ4n) is 6.04. The summed E-state index contributed by atoms with van der Waals surface area (Å²) >= 11 is 0. The second-order valence-electron chi connectivity index (χ2n) is 11.0. The van der Waals surface area contributed by atoms with Crippen molar-refractivity contribution in [1.82, 2.24) is 0 Å². The standard InChI is InChI=1S/2C18H16O4/c2*19-11-22-15-7-5-13(6-8-15)17-10-9-16(17)12-1-3-14(4-2-12)18(20)21/h2*1-8,11,16-17H,9-10H2,(H,20,21)/t16-,17+;16-,17-/m10/s1. The van der Waals surface area contributed by atoms with Crippen molar-refractivity contribution in [3.63, 3.8) is 0 Å². The molecular formula is C36H32O8. The number of carbonyl (C=O) groups is 4. The molecule has 6 rings (SSSR count). The first-order valence-corrected chi connectivity index (χ1v) is 14.4. The van der Waals surface area contributed by atoms with E-state index in [2.05, 4.69) is 0 Å². The largest absolute Gasteiger partial charge is 0.478 e. The third-order valence-electron chi connectivity index (χ3n) is 8.71. The molecule has 44 heavy (non-hydrogen) atoms. The van der Waals surface area contributed by atoms with E-state index in [1.807, 2.05) is 48.5 Å². The van der Waals surface area contributed by atoms with Crippen LogP contribution in [0.25, 0.3) is 0 Å². The van der Waals surface area contributed by atoms with Gasteiger partial charge in [-0.05, 0) is 120 Å². The summed E-state index contributed by atoms with van der Waals surface area (Å²) in [7, 11) is 0. The summed E-state index contributed by atoms with van der Waals surface area (Å²) in [6.45, 7) is 0.844. The fraction of sp³-hybridized carbons (Fsp3) is 0.222. The number of benzene rings is 4. The molecule has 0 amide bonds. The molecule has 8 nitrogen and oxygen atoms in total. The third kappa shape index (κ3) is 6.86. The number of hydrogen-bond acceptors (Lipinski definition) is 6. The number of rotatable bonds is 10. The molecule has 4 aromatic rings. The van der Waals surface area contributed by atoms with Gasteiger partial charge in [-0.2, -0.15) is 0 Å². The van der Waals surface area contributed by atoms with E-state index < -0.39 is 11.9 Å². The number of ether oxygens (including phenoxy) is 2. The molecule has 0 unspecified atom stereocenters. The molecule has 0 saturated heterocycles. The molecule has 0 radical (unpaired) electrons. The minimum atomic E-state index is -0.900. The van der Waals surface area contributed by atoms with Gasteiger partial charge >= 0.3 is 11.9 Å². The van der Waals surface area contributed by atoms with E-state index in [-0.39, 0.29) is 0 Å². The van der Waals surface area contributed by atoms with Crippen molar-refractivity contribution in [2.24, 2.45) is 0 Å². The van der Waals surface area contributed by atoms with Crippen LogP contribution in [0.5, 0.6) is 11.5 Å². The third-order valence-corrected chi connectivity index (χ3v) is 8.71. The molecule has 2 N–H and O–H groups in total. The monoisotopic (exact) mass is 592 g/mol. The van der Waals surface area contributed by atoms with E-state index in [4.69, 9.17) is 19.7 Å². The minimum absolute atomic E-state index is 0.315. The summed E-state index contributed by atoms with van der Waals surface area (Å²) in [5, 5.41) is 17.9. The summed E-state index contributed by atoms with van der Waals surface area (Å²) in [6.07, 6.45) is 4.42. The van der Waals surface area contributed by atoms with Gasteiger partial charge in [0, 0.05) is 0 Å². The molecule has 2 saturated carbocycles. The van der Waals surface area contributed by atoms with Gasteiger partial charge in [-0.1, -0.05) is 48.5 Å². The molecule has 224 valence electrons. The van der Waals surface area contributed by atoms with Crippen LogP contribution in [0.1, 0.15) is 92.3 Å². The van der Waals surface area contributed by atoms with E-state index >= 15 is 0 Å². The van der Waals surface area contributed by atoms with Crippen LogP contribution >= 0.6 is 0 Å². The highest BCUT2D eigenvalue weighted by Crippen LogP contribution is 2.50. The highest BCUT2D eigenvalue weighted by atomic mass is 16.5. The summed E-state index contributed by atoms with van der Waals surface area (Å²) in [5.41, 5.74) is 5.42. The summed E-state index contributed by atoms with van der Waals surface area (Å²) < 4.78 is 9.61. The zero-order valence-corrected chi connectivity index (χ0v) is 23.9. The molecule has 4 atom stereocenters. The smallest absolute Gasteiger partial charge is 0.335 e. The molecule has 0 heterocycles. The average molecular weight is 593 g/mol. The molecule has 8 heteroatoms. The number of carboxylic acid groups (broad SMARTS) is 2. The van der Waals surface area contributed by atoms with E-state index in [1.165, 1.54) is 22.3 Å². The quantitative estimate of drug-likeness (QED) is 0.186. The Morgan fingerprint density at radius 1 is 0.477 bits per heavy atom. The molecular weight excluding hydrogens is 560 g/mol. The van der Waals surface area contributed by atoms with Crippen LogP contribution in [0.15, 0.2) is 97.1 Å². The lowest BCUT2D eigenvalue weighted by molar-refractivity contribution is -0.121. The van der Waals surface area contributed by atoms with Gasteiger partial charge in [0.05, 0.1) is 11.1 Å². The second-order valence-corrected chi connectivity index (χ2v) is 11.0. The first kappa shape index (κ1) is 30.2. The van der Waals surface area contributed by atoms with E-state index in [0.29, 0.717) is 59.2 Å². The van der Waals surface area contributed by atoms with Crippen molar-refractivity contribution >= 4 is 24.9 Å². The van der Waals surface area contributed by atoms with Crippen LogP contribution in [0.4, 0.5) is 0 Å². The zero-order chi connectivity index (χ0) is 31.1. The van der Waals surface area contributed by atoms with Crippen LogP contribution in [0, 0.1) is 0 Å². The SMILES string of the molecule is O=COc1ccc([C@@H]2CC[C@@H]2c2ccc(C(=O)O)cc2)cc1.O=COc1ccc([C@@H]2CC[C@H]2c2ccc(C(=O)O)cc2)cc1. The van der Waals surface area contributed by atoms with Gasteiger partial charge < -0.3 is 19.7 Å². The predicted molar refractivity (Wildman–Crippen MR) is 163 cm³/mol. The van der Waals surface area contributed by atoms with Gasteiger partial charge in [0.15, 0.2) is 0 Å². The van der Waals surface area contributed by atoms with E-state index in [9.17, 15) is 19.2 Å². The maximum Gasteiger partial charge on any atom is 0.335 e. The molecule has 2 fully saturated rings. The van der Waals surface area contributed by atoms with Crippen LogP contribution in [-0.2, 0) is 9.59 Å². The number of aromatic carboxylic acids is 2. The Morgan fingerprint density at radius 2 is 0.727 bits per heavy atom. The summed E-state index contributed by atoms with van der Waals surface area (Å²) in [5.74, 6) is 0.981. The lowest BCUT2D eigenvalue weighted by Gasteiger charge is -2.37. The molecule has 4 aromatic carbocycles. The van der Waals surface area contributed by atoms with Crippen molar-refractivity contribution < 1.29 is 38.9 Å². The first-order valence-electron chi connectivity index (χ1n) is 14.4. The van der Waals surface area contributed by atoms with E-state index in [1.54, 1.807) is 48.5 Å². The Balaban J connectivity index is 0.000000175. The highest BCUT2D eigenvalue weighted by molar-refractivity contribution is 5.88. The maximum atomic E-state index is 10.9. The minimum Gasteiger partial charge on any atom is -0.478 e. The molecule has 0 aliphatic heterocycles. The highest BCUT2D eigenvalue weighted by Gasteiger charge is 2.34. The van der Waals surface area contributed by atoms with Gasteiger partial charge in [-0.15, -0.1) is 0 Å². The second kappa shape index (κ2) is 13.8. The zero-order valence-electron chi connectivity index (χ0n) is 23.9. The van der Waals surface area contributed by atoms with Gasteiger partial charge in [0.1, 0.15) is 11.5 Å². The number of carboxylic acids is 2. The van der Waals surface area contributed by atoms with Crippen LogP contribution in [0.3, 0.4) is 0 Å². The maximum absolute atomic E-state index is 10.9. The fourth-order valence-corrected chi connectivity index (χ4v) is 6.04. The van der Waals surface area contributed by atoms with Gasteiger partial charge in [0.25, 0.3) is 12.9 Å². The first-order chi connectivity index (χ1) is 21.4. The molecule has 0 aromatic heterocycles. The van der Waals surface area contributed by atoms with Crippen LogP contribution in [0.2, 0.25) is 0 Å². The van der Waals surface area contributed by atoms with Crippen molar-refractivity contribution in [3.05, 3.63) is 130 Å². The van der Waals surface area contributed by atoms with Crippen molar-refractivity contribution in [2.75, 3.05) is 0 Å². The van der Waals surface area contributed by atoms with Crippen molar-refractivity contribution in [2.45, 2.75) is 49.4 Å². The Morgan fingerprint density at radius 3 is 0.932 bits per heavy atom. The Kier molecular flexibility index (Phi) is 9.49. The molecule has 2 aliphatic carbocycles. The molecule has 0 spiro atoms. The van der Waals surface area contributed by atoms with Crippen molar-refractivity contribution in [3.8, 4) is 11.5 Å². The van der Waals surface area contributed by atoms with Crippen LogP contribution in [-0.4, -0.2) is 35.1 Å². The summed E-state index contributed by atoms with van der Waals surface area (Å²) in [4.78, 5) is 42.4. The lowest BCUT2D eigenvalue weighted by atomic mass is 9.67. The van der Waals surface area contributed by atoms with Crippen LogP contribution < -0.4 is 9.47 Å². The Labute approximate surface area is 254 Å². The topological polar surface area (TPSA) is 127 Å². The average Bonchev–Trinajstić information content (AvgIpc) is 2.99. The lowest BCUT2D eigenvalue weighted by Crippen LogP contribution is -2.21. The van der Waals surface area contributed by atoms with Crippen molar-refractivity contribution in [1.29, 1.82) is 0 Å². The number of carbonyl (C=O) groups excluding carboxylic acids is 2. The normalized spacial score (nSPS) is 20.0. The number of hydrogen-bond donors (Lipinski definition) is 2. The van der Waals surface area contributed by atoms with Gasteiger partial charge in [-0.25, -0.2) is 9.59 Å². The summed E-state index contributed by atoms with van der Waals surface area (Å²) in [6, 6.07) is 29.4. The molecule has 2 aliphatic rings. The molecule has 0 bridgehead atoms. The van der Waals surface area contributed by atoms with E-state index in [0.717, 1.165) is 25.7 Å². The van der Waals surface area contributed by atoms with Gasteiger partial charge in [-0.3, -0.25) is 9.59 Å². The Bertz CT molecular complexity index is 1470. The van der Waals surface area contributed by atoms with Gasteiger partial charge in [0.2, 0.25) is 0 Å².